The summed E-state index contributed by atoms with van der Waals surface area (Å²) in [6.45, 7) is 15.7. The van der Waals surface area contributed by atoms with Gasteiger partial charge in [0, 0.05) is 17.1 Å². The Kier molecular flexibility index (Phi) is 12.8. The fraction of sp³-hybridized carbons (Fsp3) is 0.600. The minimum atomic E-state index is -0.626. The van der Waals surface area contributed by atoms with Gasteiger partial charge >= 0.3 is 11.9 Å². The van der Waals surface area contributed by atoms with Gasteiger partial charge in [0.1, 0.15) is 18.7 Å². The number of carbonyl (C=O) groups excluding carboxylic acids is 2. The predicted molar refractivity (Wildman–Crippen MR) is 190 cm³/mol. The average molecular weight is 650 g/mol. The monoisotopic (exact) mass is 649 g/mol. The molecule has 5 nitrogen and oxygen atoms in total. The van der Waals surface area contributed by atoms with Crippen molar-refractivity contribution in [3.8, 4) is 0 Å². The molecule has 3 saturated carbocycles. The summed E-state index contributed by atoms with van der Waals surface area (Å²) in [5, 5.41) is 0.587. The summed E-state index contributed by atoms with van der Waals surface area (Å²) in [5.41, 5.74) is 4.99. The van der Waals surface area contributed by atoms with E-state index in [-0.39, 0.29) is 18.6 Å². The van der Waals surface area contributed by atoms with Crippen molar-refractivity contribution in [2.45, 2.75) is 111 Å². The van der Waals surface area contributed by atoms with E-state index in [2.05, 4.69) is 58.6 Å². The quantitative estimate of drug-likeness (QED) is 0.167. The van der Waals surface area contributed by atoms with Crippen LogP contribution in [0.4, 0.5) is 5.69 Å². The Labute approximate surface area is 283 Å². The first kappa shape index (κ1) is 36.1. The van der Waals surface area contributed by atoms with Crippen LogP contribution < -0.4 is 4.90 Å². The van der Waals surface area contributed by atoms with Crippen molar-refractivity contribution in [1.29, 1.82) is 0 Å². The van der Waals surface area contributed by atoms with Gasteiger partial charge in [0.25, 0.3) is 0 Å². The molecule has 1 aromatic carbocycles. The number of fused-ring (bicyclic) bond motifs is 1. The molecular weight excluding hydrogens is 594 g/mol. The molecule has 3 aliphatic rings. The molecule has 4 rings (SSSR count). The first-order valence-corrected chi connectivity index (χ1v) is 17.9. The number of hydrogen-bond donors (Lipinski definition) is 0. The van der Waals surface area contributed by atoms with Gasteiger partial charge in [0.05, 0.1) is 7.11 Å². The van der Waals surface area contributed by atoms with Gasteiger partial charge in [-0.15, -0.1) is 0 Å². The Hall–Kier alpha value is -2.79. The molecule has 252 valence electrons. The number of nitrogens with zero attached hydrogens (tertiary/aromatic N) is 1. The molecule has 0 heterocycles. The third-order valence-corrected chi connectivity index (χ3v) is 11.5. The van der Waals surface area contributed by atoms with Crippen LogP contribution >= 0.6 is 11.6 Å². The highest BCUT2D eigenvalue weighted by Crippen LogP contribution is 2.58. The van der Waals surface area contributed by atoms with Crippen LogP contribution in [0.2, 0.25) is 5.02 Å². The van der Waals surface area contributed by atoms with E-state index in [9.17, 15) is 9.59 Å². The van der Waals surface area contributed by atoms with Gasteiger partial charge in [0.2, 0.25) is 0 Å². The first-order valence-electron chi connectivity index (χ1n) is 17.5. The van der Waals surface area contributed by atoms with Gasteiger partial charge in [0.15, 0.2) is 0 Å². The van der Waals surface area contributed by atoms with Crippen molar-refractivity contribution < 1.29 is 19.1 Å². The maximum Gasteiger partial charge on any atom is 0.329 e. The molecule has 0 saturated heterocycles. The van der Waals surface area contributed by atoms with Crippen LogP contribution in [0.15, 0.2) is 71.9 Å². The minimum absolute atomic E-state index is 0.0553. The summed E-state index contributed by atoms with van der Waals surface area (Å²) in [4.78, 5) is 27.7. The van der Waals surface area contributed by atoms with E-state index in [1.807, 2.05) is 19.1 Å². The Morgan fingerprint density at radius 1 is 1.11 bits per heavy atom. The number of allylic oxidation sites excluding steroid dienone is 6. The van der Waals surface area contributed by atoms with Gasteiger partial charge in [-0.3, -0.25) is 4.79 Å². The number of halogens is 1. The summed E-state index contributed by atoms with van der Waals surface area (Å²) < 4.78 is 11.1. The van der Waals surface area contributed by atoms with Crippen LogP contribution in [0.25, 0.3) is 0 Å². The van der Waals surface area contributed by atoms with Crippen molar-refractivity contribution in [3.05, 3.63) is 76.9 Å². The van der Waals surface area contributed by atoms with Crippen LogP contribution in [-0.2, 0) is 19.1 Å². The van der Waals surface area contributed by atoms with E-state index in [1.54, 1.807) is 22.6 Å². The molecule has 3 aliphatic carbocycles. The predicted octanol–water partition coefficient (Wildman–Crippen LogP) is 10.1. The molecule has 0 amide bonds. The summed E-state index contributed by atoms with van der Waals surface area (Å²) >= 11 is 6.11. The van der Waals surface area contributed by atoms with Crippen LogP contribution in [0.3, 0.4) is 0 Å². The Bertz CT molecular complexity index is 1310. The third kappa shape index (κ3) is 8.76. The SMILES string of the molecule is C=C1CC[C@H](OC(=O)[C@@H](CC)N(CC(=O)OC)c2ccc(Cl)cc2)C/C1=C/C=C1\CCC[C@]2(C)C(C/C=C/[C@@H](C)C(C)C)CCC12. The van der Waals surface area contributed by atoms with Crippen molar-refractivity contribution in [3.63, 3.8) is 0 Å². The Morgan fingerprint density at radius 2 is 1.85 bits per heavy atom. The van der Waals surface area contributed by atoms with E-state index in [4.69, 9.17) is 21.1 Å². The largest absolute Gasteiger partial charge is 0.468 e. The van der Waals surface area contributed by atoms with Gasteiger partial charge in [-0.05, 0) is 117 Å². The molecule has 0 spiro atoms. The highest BCUT2D eigenvalue weighted by molar-refractivity contribution is 6.30. The second-order valence-electron chi connectivity index (χ2n) is 14.4. The van der Waals surface area contributed by atoms with Gasteiger partial charge in [-0.25, -0.2) is 4.79 Å². The molecule has 0 N–H and O–H groups in total. The molecule has 1 aromatic rings. The van der Waals surface area contributed by atoms with Crippen molar-refractivity contribution >= 4 is 29.2 Å². The second kappa shape index (κ2) is 16.4. The zero-order valence-corrected chi connectivity index (χ0v) is 29.8. The third-order valence-electron chi connectivity index (χ3n) is 11.2. The summed E-state index contributed by atoms with van der Waals surface area (Å²) in [5.74, 6) is 1.95. The normalized spacial score (nSPS) is 28.0. The zero-order chi connectivity index (χ0) is 33.4. The first-order chi connectivity index (χ1) is 22.0. The van der Waals surface area contributed by atoms with Crippen molar-refractivity contribution in [1.82, 2.24) is 0 Å². The standard InChI is InChI=1S/C40H56ClNO4/c1-8-37(42(26-38(43)45-7)34-20-18-33(41)19-21-34)39(44)46-35-22-14-29(5)31(25-35)16-15-30-12-10-24-40(6)32(17-23-36(30)40)13-9-11-28(4)27(2)3/h9,11,15-16,18-21,27-28,32,35-37H,5,8,10,12-14,17,22-26H2,1-4,6-7H3/b11-9+,30-15+,31-16-/t28-,32?,35+,36?,37-,40-/m1/s1. The zero-order valence-electron chi connectivity index (χ0n) is 29.0. The van der Waals surface area contributed by atoms with Gasteiger partial charge < -0.3 is 14.4 Å². The van der Waals surface area contributed by atoms with Gasteiger partial charge in [-0.2, -0.15) is 0 Å². The van der Waals surface area contributed by atoms with Gasteiger partial charge in [-0.1, -0.05) is 88.2 Å². The van der Waals surface area contributed by atoms with E-state index in [0.29, 0.717) is 41.0 Å². The number of hydrogen-bond acceptors (Lipinski definition) is 5. The number of carbonyl (C=O) groups is 2. The number of benzene rings is 1. The maximum absolute atomic E-state index is 13.6. The maximum atomic E-state index is 13.6. The molecule has 0 aliphatic heterocycles. The lowest BCUT2D eigenvalue weighted by molar-refractivity contribution is -0.151. The fourth-order valence-corrected chi connectivity index (χ4v) is 8.00. The van der Waals surface area contributed by atoms with Crippen LogP contribution in [0.5, 0.6) is 0 Å². The molecule has 6 heteroatoms. The summed E-state index contributed by atoms with van der Waals surface area (Å²) in [6.07, 6.45) is 19.5. The highest BCUT2D eigenvalue weighted by atomic mass is 35.5. The van der Waals surface area contributed by atoms with Crippen LogP contribution in [-0.4, -0.2) is 37.7 Å². The molecular formula is C40H56ClNO4. The number of ether oxygens (including phenoxy) is 2. The summed E-state index contributed by atoms with van der Waals surface area (Å²) in [6, 6.07) is 6.51. The lowest BCUT2D eigenvalue weighted by Crippen LogP contribution is -2.46. The number of rotatable bonds is 12. The topological polar surface area (TPSA) is 55.8 Å². The van der Waals surface area contributed by atoms with E-state index in [1.165, 1.54) is 51.2 Å². The minimum Gasteiger partial charge on any atom is -0.468 e. The molecule has 0 radical (unpaired) electrons. The highest BCUT2D eigenvalue weighted by Gasteiger charge is 2.48. The number of anilines is 1. The van der Waals surface area contributed by atoms with E-state index in [0.717, 1.165) is 30.0 Å². The average Bonchev–Trinajstić information content (AvgIpc) is 3.37. The molecule has 6 atom stereocenters. The van der Waals surface area contributed by atoms with E-state index < -0.39 is 12.0 Å². The molecule has 2 unspecified atom stereocenters. The number of methoxy groups -OCH3 is 1. The Balaban J connectivity index is 1.44. The molecule has 3 fully saturated rings. The lowest BCUT2D eigenvalue weighted by atomic mass is 9.63. The summed E-state index contributed by atoms with van der Waals surface area (Å²) in [7, 11) is 1.35. The lowest BCUT2D eigenvalue weighted by Gasteiger charge is -2.42. The smallest absolute Gasteiger partial charge is 0.329 e. The Morgan fingerprint density at radius 3 is 2.52 bits per heavy atom. The number of esters is 2. The fourth-order valence-electron chi connectivity index (χ4n) is 7.87. The molecule has 0 bridgehead atoms. The molecule has 46 heavy (non-hydrogen) atoms. The van der Waals surface area contributed by atoms with Crippen molar-refractivity contribution in [2.75, 3.05) is 18.6 Å². The second-order valence-corrected chi connectivity index (χ2v) is 14.8. The van der Waals surface area contributed by atoms with E-state index >= 15 is 0 Å². The molecule has 0 aromatic heterocycles. The van der Waals surface area contributed by atoms with Crippen molar-refractivity contribution in [2.24, 2.45) is 29.1 Å². The van der Waals surface area contributed by atoms with Crippen LogP contribution in [0, 0.1) is 29.1 Å². The van der Waals surface area contributed by atoms with Crippen LogP contribution in [0.1, 0.15) is 98.8 Å².